The van der Waals surface area contributed by atoms with Crippen LogP contribution in [-0.4, -0.2) is 26.3 Å². The average Bonchev–Trinajstić information content (AvgIpc) is 1.90. The fourth-order valence-electron chi connectivity index (χ4n) is 2.24. The molecule has 1 heterocycles. The molecule has 0 aromatic rings. The summed E-state index contributed by atoms with van der Waals surface area (Å²) >= 11 is 0. The third-order valence-corrected chi connectivity index (χ3v) is 3.48. The normalized spacial score (nSPS) is 27.8. The quantitative estimate of drug-likeness (QED) is 0.687. The summed E-state index contributed by atoms with van der Waals surface area (Å²) in [6.45, 7) is 6.45. The molecule has 0 spiro atoms. The van der Waals surface area contributed by atoms with E-state index in [4.69, 9.17) is 4.74 Å². The SMILES string of the molecule is CCNCC1(C2CCC2)COC1. The third-order valence-electron chi connectivity index (χ3n) is 3.48. The molecule has 0 radical (unpaired) electrons. The minimum atomic E-state index is 0.536. The van der Waals surface area contributed by atoms with E-state index in [0.29, 0.717) is 5.41 Å². The van der Waals surface area contributed by atoms with Crippen LogP contribution in [0, 0.1) is 11.3 Å². The van der Waals surface area contributed by atoms with Gasteiger partial charge in [0.1, 0.15) is 0 Å². The van der Waals surface area contributed by atoms with Gasteiger partial charge in [-0.3, -0.25) is 0 Å². The number of rotatable bonds is 4. The maximum Gasteiger partial charge on any atom is 0.0559 e. The van der Waals surface area contributed by atoms with Crippen molar-refractivity contribution >= 4 is 0 Å². The third kappa shape index (κ3) is 1.27. The molecule has 1 saturated carbocycles. The number of hydrogen-bond donors (Lipinski definition) is 1. The lowest BCUT2D eigenvalue weighted by Gasteiger charge is -2.51. The highest BCUT2D eigenvalue weighted by atomic mass is 16.5. The Morgan fingerprint density at radius 2 is 2.17 bits per heavy atom. The first-order chi connectivity index (χ1) is 5.87. The molecule has 1 aliphatic heterocycles. The Balaban J connectivity index is 1.85. The monoisotopic (exact) mass is 169 g/mol. The molecule has 2 heteroatoms. The second kappa shape index (κ2) is 3.35. The van der Waals surface area contributed by atoms with E-state index in [1.807, 2.05) is 0 Å². The van der Waals surface area contributed by atoms with Crippen LogP contribution in [-0.2, 0) is 4.74 Å². The summed E-state index contributed by atoms with van der Waals surface area (Å²) in [4.78, 5) is 0. The van der Waals surface area contributed by atoms with E-state index in [1.54, 1.807) is 0 Å². The number of ether oxygens (including phenoxy) is 1. The molecule has 0 bridgehead atoms. The van der Waals surface area contributed by atoms with Gasteiger partial charge in [0.25, 0.3) is 0 Å². The van der Waals surface area contributed by atoms with Gasteiger partial charge in [-0.05, 0) is 25.3 Å². The van der Waals surface area contributed by atoms with Crippen molar-refractivity contribution in [2.45, 2.75) is 26.2 Å². The zero-order valence-corrected chi connectivity index (χ0v) is 7.94. The second-order valence-corrected chi connectivity index (χ2v) is 4.26. The highest BCUT2D eigenvalue weighted by molar-refractivity contribution is 4.96. The van der Waals surface area contributed by atoms with Crippen LogP contribution in [0.2, 0.25) is 0 Å². The first kappa shape index (κ1) is 8.52. The van der Waals surface area contributed by atoms with Crippen molar-refractivity contribution in [3.63, 3.8) is 0 Å². The van der Waals surface area contributed by atoms with Crippen molar-refractivity contribution in [2.75, 3.05) is 26.3 Å². The molecule has 2 rings (SSSR count). The highest BCUT2D eigenvalue weighted by Gasteiger charge is 2.47. The predicted molar refractivity (Wildman–Crippen MR) is 49.1 cm³/mol. The predicted octanol–water partition coefficient (Wildman–Crippen LogP) is 1.41. The van der Waals surface area contributed by atoms with Gasteiger partial charge in [0.05, 0.1) is 13.2 Å². The summed E-state index contributed by atoms with van der Waals surface area (Å²) in [5.74, 6) is 0.963. The minimum Gasteiger partial charge on any atom is -0.380 e. The average molecular weight is 169 g/mol. The van der Waals surface area contributed by atoms with Crippen LogP contribution in [0.25, 0.3) is 0 Å². The topological polar surface area (TPSA) is 21.3 Å². The van der Waals surface area contributed by atoms with E-state index in [2.05, 4.69) is 12.2 Å². The molecule has 2 aliphatic rings. The molecular weight excluding hydrogens is 150 g/mol. The van der Waals surface area contributed by atoms with Crippen molar-refractivity contribution < 1.29 is 4.74 Å². The van der Waals surface area contributed by atoms with E-state index in [9.17, 15) is 0 Å². The lowest BCUT2D eigenvalue weighted by molar-refractivity contribution is -0.159. The summed E-state index contributed by atoms with van der Waals surface area (Å²) in [6.07, 6.45) is 4.32. The van der Waals surface area contributed by atoms with Crippen LogP contribution in [0.1, 0.15) is 26.2 Å². The summed E-state index contributed by atoms with van der Waals surface area (Å²) in [5.41, 5.74) is 0.536. The van der Waals surface area contributed by atoms with Crippen LogP contribution in [0.15, 0.2) is 0 Å². The lowest BCUT2D eigenvalue weighted by Crippen LogP contribution is -2.56. The molecule has 1 aliphatic carbocycles. The molecule has 2 nitrogen and oxygen atoms in total. The van der Waals surface area contributed by atoms with Gasteiger partial charge in [0, 0.05) is 12.0 Å². The van der Waals surface area contributed by atoms with E-state index in [1.165, 1.54) is 25.8 Å². The minimum absolute atomic E-state index is 0.536. The van der Waals surface area contributed by atoms with Crippen LogP contribution in [0.3, 0.4) is 0 Å². The van der Waals surface area contributed by atoms with Crippen molar-refractivity contribution in [1.29, 1.82) is 0 Å². The van der Waals surface area contributed by atoms with Crippen LogP contribution in [0.4, 0.5) is 0 Å². The number of nitrogens with one attached hydrogen (secondary N) is 1. The van der Waals surface area contributed by atoms with Gasteiger partial charge >= 0.3 is 0 Å². The summed E-state index contributed by atoms with van der Waals surface area (Å²) in [7, 11) is 0. The van der Waals surface area contributed by atoms with Gasteiger partial charge in [-0.15, -0.1) is 0 Å². The zero-order valence-electron chi connectivity index (χ0n) is 7.94. The van der Waals surface area contributed by atoms with Crippen LogP contribution >= 0.6 is 0 Å². The summed E-state index contributed by atoms with van der Waals surface area (Å²) in [5, 5.41) is 3.46. The van der Waals surface area contributed by atoms with E-state index >= 15 is 0 Å². The Morgan fingerprint density at radius 1 is 1.42 bits per heavy atom. The Bertz CT molecular complexity index is 150. The lowest BCUT2D eigenvalue weighted by atomic mass is 9.64. The standard InChI is InChI=1S/C10H19NO/c1-2-11-6-10(7-12-8-10)9-4-3-5-9/h9,11H,2-8H2,1H3. The second-order valence-electron chi connectivity index (χ2n) is 4.26. The van der Waals surface area contributed by atoms with Crippen molar-refractivity contribution in [3.05, 3.63) is 0 Å². The van der Waals surface area contributed by atoms with Crippen LogP contribution in [0.5, 0.6) is 0 Å². The maximum absolute atomic E-state index is 5.35. The molecule has 1 saturated heterocycles. The van der Waals surface area contributed by atoms with Gasteiger partial charge in [-0.1, -0.05) is 13.3 Å². The molecule has 0 atom stereocenters. The molecule has 0 unspecified atom stereocenters. The van der Waals surface area contributed by atoms with Crippen LogP contribution < -0.4 is 5.32 Å². The Labute approximate surface area is 74.7 Å². The zero-order chi connectivity index (χ0) is 8.44. The van der Waals surface area contributed by atoms with Gasteiger partial charge in [-0.2, -0.15) is 0 Å². The van der Waals surface area contributed by atoms with Crippen molar-refractivity contribution in [3.8, 4) is 0 Å². The largest absolute Gasteiger partial charge is 0.380 e. The fraction of sp³-hybridized carbons (Fsp3) is 1.00. The molecule has 2 fully saturated rings. The maximum atomic E-state index is 5.35. The molecule has 0 amide bonds. The van der Waals surface area contributed by atoms with E-state index in [0.717, 1.165) is 25.7 Å². The van der Waals surface area contributed by atoms with E-state index in [-0.39, 0.29) is 0 Å². The van der Waals surface area contributed by atoms with Gasteiger partial charge in [0.2, 0.25) is 0 Å². The van der Waals surface area contributed by atoms with Crippen molar-refractivity contribution in [2.24, 2.45) is 11.3 Å². The first-order valence-electron chi connectivity index (χ1n) is 5.16. The Morgan fingerprint density at radius 3 is 2.50 bits per heavy atom. The number of hydrogen-bond acceptors (Lipinski definition) is 2. The Kier molecular flexibility index (Phi) is 2.37. The molecule has 0 aromatic heterocycles. The smallest absolute Gasteiger partial charge is 0.0559 e. The molecule has 12 heavy (non-hydrogen) atoms. The van der Waals surface area contributed by atoms with Gasteiger partial charge < -0.3 is 10.1 Å². The molecular formula is C10H19NO. The van der Waals surface area contributed by atoms with E-state index < -0.39 is 0 Å². The van der Waals surface area contributed by atoms with Gasteiger partial charge in [0.15, 0.2) is 0 Å². The summed E-state index contributed by atoms with van der Waals surface area (Å²) in [6, 6.07) is 0. The molecule has 70 valence electrons. The molecule has 1 N–H and O–H groups in total. The molecule has 0 aromatic carbocycles. The fourth-order valence-corrected chi connectivity index (χ4v) is 2.24. The summed E-state index contributed by atoms with van der Waals surface area (Å²) < 4.78 is 5.35. The van der Waals surface area contributed by atoms with Gasteiger partial charge in [-0.25, -0.2) is 0 Å². The Hall–Kier alpha value is -0.0800. The highest BCUT2D eigenvalue weighted by Crippen LogP contribution is 2.46. The first-order valence-corrected chi connectivity index (χ1v) is 5.16. The van der Waals surface area contributed by atoms with Crippen molar-refractivity contribution in [1.82, 2.24) is 5.32 Å².